The molecule has 10 heteroatoms. The first kappa shape index (κ1) is 34.8. The van der Waals surface area contributed by atoms with E-state index in [-0.39, 0.29) is 5.57 Å². The molecule has 0 aliphatic carbocycles. The fourth-order valence-electron chi connectivity index (χ4n) is 4.15. The average molecular weight is 626 g/mol. The highest BCUT2D eigenvalue weighted by Crippen LogP contribution is 2.19. The maximum atomic E-state index is 13.2. The lowest BCUT2D eigenvalue weighted by Crippen LogP contribution is -2.16. The lowest BCUT2D eigenvalue weighted by atomic mass is 10.1. The number of hydrogen-bond donors (Lipinski definition) is 3. The molecule has 1 unspecified atom stereocenters. The third-order valence-electron chi connectivity index (χ3n) is 6.34. The Morgan fingerprint density at radius 2 is 1.96 bits per heavy atom. The van der Waals surface area contributed by atoms with Crippen LogP contribution in [0, 0.1) is 18.8 Å². The van der Waals surface area contributed by atoms with Crippen molar-refractivity contribution in [3.63, 3.8) is 0 Å². The van der Waals surface area contributed by atoms with Gasteiger partial charge in [0.1, 0.15) is 0 Å². The van der Waals surface area contributed by atoms with Gasteiger partial charge in [0.25, 0.3) is 5.91 Å². The molecular formula is C35H43N7O2S. The molecule has 0 saturated heterocycles. The monoisotopic (exact) mass is 625 g/mol. The number of amides is 1. The van der Waals surface area contributed by atoms with Crippen molar-refractivity contribution in [3.05, 3.63) is 114 Å². The first-order chi connectivity index (χ1) is 21.6. The lowest BCUT2D eigenvalue weighted by Gasteiger charge is -2.12. The number of hydrogen-bond acceptors (Lipinski definition) is 7. The highest BCUT2D eigenvalue weighted by Gasteiger charge is 2.11. The number of benzene rings is 2. The summed E-state index contributed by atoms with van der Waals surface area (Å²) >= 11 is 0. The van der Waals surface area contributed by atoms with E-state index >= 15 is 0 Å². The van der Waals surface area contributed by atoms with E-state index < -0.39 is 16.9 Å². The fourth-order valence-corrected chi connectivity index (χ4v) is 5.29. The van der Waals surface area contributed by atoms with Crippen LogP contribution in [0.25, 0.3) is 5.70 Å². The molecule has 45 heavy (non-hydrogen) atoms. The summed E-state index contributed by atoms with van der Waals surface area (Å²) in [4.78, 5) is 16.1. The van der Waals surface area contributed by atoms with Crippen molar-refractivity contribution in [3.8, 4) is 11.8 Å². The minimum atomic E-state index is -1.10. The van der Waals surface area contributed by atoms with Crippen LogP contribution in [0.15, 0.2) is 107 Å². The molecule has 3 rings (SSSR count). The largest absolute Gasteiger partial charge is 0.404 e. The average Bonchev–Trinajstić information content (AvgIpc) is 3.37. The van der Waals surface area contributed by atoms with Crippen LogP contribution in [0.4, 0.5) is 11.4 Å². The summed E-state index contributed by atoms with van der Waals surface area (Å²) < 4.78 is 12.0. The quantitative estimate of drug-likeness (QED) is 0.0897. The van der Waals surface area contributed by atoms with E-state index in [1.807, 2.05) is 75.5 Å². The van der Waals surface area contributed by atoms with Crippen LogP contribution in [0.3, 0.4) is 0 Å². The molecule has 1 amide bonds. The van der Waals surface area contributed by atoms with Gasteiger partial charge < -0.3 is 25.5 Å². The van der Waals surface area contributed by atoms with E-state index in [0.29, 0.717) is 12.2 Å². The van der Waals surface area contributed by atoms with Gasteiger partial charge in [-0.1, -0.05) is 37.1 Å². The van der Waals surface area contributed by atoms with Crippen molar-refractivity contribution < 1.29 is 8.98 Å². The molecule has 0 aliphatic rings. The summed E-state index contributed by atoms with van der Waals surface area (Å²) in [5.41, 5.74) is 11.7. The second-order valence-corrected chi connectivity index (χ2v) is 11.7. The Morgan fingerprint density at radius 3 is 2.58 bits per heavy atom. The highest BCUT2D eigenvalue weighted by molar-refractivity contribution is 7.83. The molecule has 0 aliphatic heterocycles. The number of nitrogens with two attached hydrogens (primary N) is 1. The number of anilines is 2. The molecule has 1 atom stereocenters. The molecule has 2 aromatic carbocycles. The van der Waals surface area contributed by atoms with Gasteiger partial charge in [0.05, 0.1) is 40.2 Å². The molecule has 0 bridgehead atoms. The minimum Gasteiger partial charge on any atom is -0.404 e. The van der Waals surface area contributed by atoms with Gasteiger partial charge in [0.15, 0.2) is 0 Å². The van der Waals surface area contributed by atoms with Gasteiger partial charge in [0, 0.05) is 47.2 Å². The van der Waals surface area contributed by atoms with Gasteiger partial charge in [0.2, 0.25) is 0 Å². The molecule has 4 N–H and O–H groups in total. The number of carbonyl (C=O) groups excluding carboxylic acids is 1. The van der Waals surface area contributed by atoms with E-state index in [2.05, 4.69) is 64.1 Å². The summed E-state index contributed by atoms with van der Waals surface area (Å²) in [7, 11) is 4.90. The first-order valence-electron chi connectivity index (χ1n) is 14.6. The van der Waals surface area contributed by atoms with Crippen LogP contribution in [0.2, 0.25) is 0 Å². The first-order valence-corrected chi connectivity index (χ1v) is 15.7. The smallest absolute Gasteiger partial charge is 0.286 e. The standard InChI is InChI=1S/C35H43N7O2S/c1-8-28(14-15-29-12-10-13-32(24-29)38-27(4)34-22-26(3)39-42(34)7)23-30(25-36)35(43)40-45(44-9-2)33-18-16-31(17-19-33)37-20-11-21-41(5)6/h8,10,12-13,16-19,22-25,37-38H,1,4,9,11,20-21,36H2,2-3,5-7H3/b28-23+,30-25+. The predicted molar refractivity (Wildman–Crippen MR) is 187 cm³/mol. The van der Waals surface area contributed by atoms with Crippen molar-refractivity contribution in [2.24, 2.45) is 17.1 Å². The number of aromatic nitrogens is 2. The van der Waals surface area contributed by atoms with Gasteiger partial charge in [-0.25, -0.2) is 0 Å². The summed E-state index contributed by atoms with van der Waals surface area (Å²) in [6.45, 7) is 14.1. The van der Waals surface area contributed by atoms with Crippen LogP contribution in [0.5, 0.6) is 0 Å². The van der Waals surface area contributed by atoms with Crippen LogP contribution >= 0.6 is 0 Å². The zero-order chi connectivity index (χ0) is 32.8. The SMILES string of the molecule is C=C/C(C#Cc1cccc(NC(=C)c2cc(C)nn2C)c1)=C\C(=C/N)C(=O)N=S(OCC)c1ccc(NCCCN(C)C)cc1. The van der Waals surface area contributed by atoms with E-state index in [0.717, 1.165) is 58.4 Å². The Kier molecular flexibility index (Phi) is 13.6. The molecule has 1 heterocycles. The van der Waals surface area contributed by atoms with Gasteiger partial charge in [-0.15, -0.1) is 0 Å². The van der Waals surface area contributed by atoms with Gasteiger partial charge in [-0.05, 0) is 95.5 Å². The van der Waals surface area contributed by atoms with Crippen LogP contribution < -0.4 is 16.4 Å². The molecule has 0 fully saturated rings. The van der Waals surface area contributed by atoms with E-state index in [1.165, 1.54) is 6.20 Å². The maximum Gasteiger partial charge on any atom is 0.286 e. The molecule has 3 aromatic rings. The molecule has 9 nitrogen and oxygen atoms in total. The van der Waals surface area contributed by atoms with E-state index in [4.69, 9.17) is 9.92 Å². The number of allylic oxidation sites excluding steroid dienone is 2. The fraction of sp³-hybridized carbons (Fsp3) is 0.257. The Hall–Kier alpha value is -4.69. The van der Waals surface area contributed by atoms with Crippen molar-refractivity contribution in [2.45, 2.75) is 25.2 Å². The topological polar surface area (TPSA) is 110 Å². The zero-order valence-corrected chi connectivity index (χ0v) is 27.6. The van der Waals surface area contributed by atoms with E-state index in [1.54, 1.807) is 16.8 Å². The number of rotatable bonds is 14. The lowest BCUT2D eigenvalue weighted by molar-refractivity contribution is -0.113. The summed E-state index contributed by atoms with van der Waals surface area (Å²) in [5, 5.41) is 11.1. The predicted octanol–water partition coefficient (Wildman–Crippen LogP) is 5.82. The van der Waals surface area contributed by atoms with Gasteiger partial charge >= 0.3 is 0 Å². The minimum absolute atomic E-state index is 0.189. The van der Waals surface area contributed by atoms with E-state index in [9.17, 15) is 4.79 Å². The molecule has 0 spiro atoms. The Bertz CT molecular complexity index is 1650. The molecule has 0 radical (unpaired) electrons. The van der Waals surface area contributed by atoms with Crippen LogP contribution in [-0.2, 0) is 27.0 Å². The number of aryl methyl sites for hydroxylation is 2. The van der Waals surface area contributed by atoms with Gasteiger partial charge in [-0.2, -0.15) is 9.46 Å². The number of nitrogens with one attached hydrogen (secondary N) is 2. The number of nitrogens with zero attached hydrogens (tertiary/aromatic N) is 4. The summed E-state index contributed by atoms with van der Waals surface area (Å²) in [6, 6.07) is 17.4. The van der Waals surface area contributed by atoms with Crippen molar-refractivity contribution in [1.29, 1.82) is 0 Å². The molecule has 0 saturated carbocycles. The Morgan fingerprint density at radius 1 is 1.20 bits per heavy atom. The van der Waals surface area contributed by atoms with Crippen molar-refractivity contribution in [2.75, 3.05) is 44.4 Å². The normalized spacial score (nSPS) is 12.4. The molecule has 1 aromatic heterocycles. The third kappa shape index (κ3) is 11.1. The number of carbonyl (C=O) groups is 1. The summed E-state index contributed by atoms with van der Waals surface area (Å²) in [6.07, 6.45) is 5.41. The van der Waals surface area contributed by atoms with Crippen LogP contribution in [0.1, 0.15) is 30.3 Å². The van der Waals surface area contributed by atoms with Crippen molar-refractivity contribution in [1.82, 2.24) is 14.7 Å². The third-order valence-corrected chi connectivity index (χ3v) is 7.81. The summed E-state index contributed by atoms with van der Waals surface area (Å²) in [5.74, 6) is 5.70. The van der Waals surface area contributed by atoms with Crippen LogP contribution in [-0.4, -0.2) is 54.4 Å². The Labute approximate surface area is 269 Å². The second-order valence-electron chi connectivity index (χ2n) is 10.3. The van der Waals surface area contributed by atoms with Crippen molar-refractivity contribution >= 4 is 34.0 Å². The molecule has 236 valence electrons. The van der Waals surface area contributed by atoms with Gasteiger partial charge in [-0.3, -0.25) is 9.48 Å². The maximum absolute atomic E-state index is 13.2. The second kappa shape index (κ2) is 17.6. The molecular weight excluding hydrogens is 582 g/mol. The zero-order valence-electron chi connectivity index (χ0n) is 26.8. The highest BCUT2D eigenvalue weighted by atomic mass is 32.2. The Balaban J connectivity index is 1.73.